The predicted octanol–water partition coefficient (Wildman–Crippen LogP) is 16.4. The Morgan fingerprint density at radius 3 is 1.55 bits per heavy atom. The summed E-state index contributed by atoms with van der Waals surface area (Å²) in [4.78, 5) is 2.45. The Morgan fingerprint density at radius 2 is 0.831 bits per heavy atom. The van der Waals surface area contributed by atoms with Crippen LogP contribution < -0.4 is 4.90 Å². The highest BCUT2D eigenvalue weighted by atomic mass is 16.3. The number of benzene rings is 10. The molecule has 0 amide bonds. The third kappa shape index (κ3) is 5.47. The third-order valence-corrected chi connectivity index (χ3v) is 14.4. The van der Waals surface area contributed by atoms with Crippen molar-refractivity contribution in [3.63, 3.8) is 0 Å². The molecule has 0 aliphatic heterocycles. The highest BCUT2D eigenvalue weighted by Crippen LogP contribution is 2.58. The molecule has 2 heteroatoms. The average Bonchev–Trinajstić information content (AvgIpc) is 3.99. The Kier molecular flexibility index (Phi) is 8.29. The SMILES string of the molecule is CC1(c2ccccc2)c2ccccc2-c2ccc(N(c3ccc(-c4ccc5c(c4)oc4ccccc45)cc3)c3ccc4c(c3)-c3ccccc3C4(c3ccccc3)c3ccccc3)cc21. The number of hydrogen-bond donors (Lipinski definition) is 0. The Bertz CT molecular complexity index is 3570. The van der Waals surface area contributed by atoms with Crippen molar-refractivity contribution in [2.75, 3.05) is 4.90 Å². The summed E-state index contributed by atoms with van der Waals surface area (Å²) in [5, 5.41) is 2.28. The van der Waals surface area contributed by atoms with Crippen LogP contribution >= 0.6 is 0 Å². The van der Waals surface area contributed by atoms with E-state index < -0.39 is 5.41 Å². The maximum atomic E-state index is 6.33. The van der Waals surface area contributed by atoms with Crippen molar-refractivity contribution < 1.29 is 4.42 Å². The molecule has 0 saturated heterocycles. The van der Waals surface area contributed by atoms with Crippen molar-refractivity contribution in [2.24, 2.45) is 0 Å². The molecule has 0 saturated carbocycles. The Balaban J connectivity index is 1.01. The maximum Gasteiger partial charge on any atom is 0.136 e. The van der Waals surface area contributed by atoms with E-state index in [4.69, 9.17) is 4.42 Å². The minimum Gasteiger partial charge on any atom is -0.456 e. The van der Waals surface area contributed by atoms with E-state index in [9.17, 15) is 0 Å². The fourth-order valence-corrected chi connectivity index (χ4v) is 11.4. The number of anilines is 3. The van der Waals surface area contributed by atoms with Gasteiger partial charge in [-0.3, -0.25) is 0 Å². The molecule has 0 radical (unpaired) electrons. The van der Waals surface area contributed by atoms with Crippen molar-refractivity contribution in [3.05, 3.63) is 282 Å². The summed E-state index contributed by atoms with van der Waals surface area (Å²) in [6.45, 7) is 2.40. The van der Waals surface area contributed by atoms with Gasteiger partial charge in [0.15, 0.2) is 0 Å². The molecule has 11 aromatic rings. The summed E-state index contributed by atoms with van der Waals surface area (Å²) >= 11 is 0. The normalized spacial score (nSPS) is 15.3. The monoisotopic (exact) mass is 829 g/mol. The third-order valence-electron chi connectivity index (χ3n) is 14.4. The van der Waals surface area contributed by atoms with Gasteiger partial charge in [0.05, 0.1) is 5.41 Å². The van der Waals surface area contributed by atoms with E-state index in [1.807, 2.05) is 12.1 Å². The molecule has 1 unspecified atom stereocenters. The molecule has 0 spiro atoms. The molecule has 13 rings (SSSR count). The second-order valence-corrected chi connectivity index (χ2v) is 17.7. The summed E-state index contributed by atoms with van der Waals surface area (Å²) in [5.74, 6) is 0. The quantitative estimate of drug-likeness (QED) is 0.159. The molecular formula is C63H43NO. The van der Waals surface area contributed by atoms with Gasteiger partial charge in [-0.15, -0.1) is 0 Å². The predicted molar refractivity (Wildman–Crippen MR) is 269 cm³/mol. The first-order valence-electron chi connectivity index (χ1n) is 22.6. The van der Waals surface area contributed by atoms with Crippen LogP contribution in [0.4, 0.5) is 17.1 Å². The lowest BCUT2D eigenvalue weighted by atomic mass is 9.68. The minimum absolute atomic E-state index is 0.337. The van der Waals surface area contributed by atoms with E-state index in [0.717, 1.165) is 50.1 Å². The number of hydrogen-bond acceptors (Lipinski definition) is 2. The zero-order chi connectivity index (χ0) is 43.1. The molecule has 0 fully saturated rings. The first-order chi connectivity index (χ1) is 32.1. The molecule has 1 aromatic heterocycles. The zero-order valence-electron chi connectivity index (χ0n) is 35.9. The zero-order valence-corrected chi connectivity index (χ0v) is 35.9. The lowest BCUT2D eigenvalue weighted by Crippen LogP contribution is -2.28. The Labute approximate surface area is 379 Å². The van der Waals surface area contributed by atoms with Gasteiger partial charge in [0.1, 0.15) is 11.2 Å². The first kappa shape index (κ1) is 37.4. The highest BCUT2D eigenvalue weighted by molar-refractivity contribution is 6.06. The molecule has 0 N–H and O–H groups in total. The van der Waals surface area contributed by atoms with Crippen molar-refractivity contribution in [2.45, 2.75) is 17.8 Å². The standard InChI is InChI=1S/C63H43NO/c1-62(44-17-5-2-6-18-44)56-26-14-11-23-50(56)52-37-34-49(41-59(52)62)64(47-32-29-42(30-33-47)43-31-36-54-53-25-13-16-28-60(53)65-61(54)39-43)48-35-38-58-55(40-48)51-24-12-15-27-57(51)63(58,45-19-7-3-8-20-45)46-21-9-4-10-22-46/h2-41H,1H3. The van der Waals surface area contributed by atoms with Crippen LogP contribution in [0.1, 0.15) is 45.9 Å². The van der Waals surface area contributed by atoms with Crippen molar-refractivity contribution in [1.29, 1.82) is 0 Å². The molecule has 2 aliphatic carbocycles. The van der Waals surface area contributed by atoms with Crippen molar-refractivity contribution in [3.8, 4) is 33.4 Å². The van der Waals surface area contributed by atoms with Crippen LogP contribution in [-0.2, 0) is 10.8 Å². The number of furan rings is 1. The summed E-state index contributed by atoms with van der Waals surface area (Å²) in [7, 11) is 0. The van der Waals surface area contributed by atoms with E-state index in [2.05, 4.69) is 242 Å². The molecule has 1 heterocycles. The minimum atomic E-state index is -0.475. The van der Waals surface area contributed by atoms with Crippen LogP contribution in [0.25, 0.3) is 55.3 Å². The van der Waals surface area contributed by atoms with E-state index in [1.54, 1.807) is 0 Å². The number of rotatable bonds is 7. The Morgan fingerprint density at radius 1 is 0.323 bits per heavy atom. The van der Waals surface area contributed by atoms with Gasteiger partial charge in [-0.1, -0.05) is 188 Å². The fourth-order valence-electron chi connectivity index (χ4n) is 11.4. The van der Waals surface area contributed by atoms with Crippen LogP contribution in [0.5, 0.6) is 0 Å². The molecule has 306 valence electrons. The van der Waals surface area contributed by atoms with Crippen molar-refractivity contribution in [1.82, 2.24) is 0 Å². The summed E-state index contributed by atoms with van der Waals surface area (Å²) in [6.07, 6.45) is 0. The molecule has 0 bridgehead atoms. The van der Waals surface area contributed by atoms with E-state index in [0.29, 0.717) is 0 Å². The smallest absolute Gasteiger partial charge is 0.136 e. The molecule has 10 aromatic carbocycles. The number of nitrogens with zero attached hydrogens (tertiary/aromatic N) is 1. The van der Waals surface area contributed by atoms with Gasteiger partial charge in [0.25, 0.3) is 0 Å². The van der Waals surface area contributed by atoms with Gasteiger partial charge >= 0.3 is 0 Å². The summed E-state index contributed by atoms with van der Waals surface area (Å²) < 4.78 is 6.33. The van der Waals surface area contributed by atoms with Gasteiger partial charge in [0, 0.05) is 33.2 Å². The number of fused-ring (bicyclic) bond motifs is 9. The van der Waals surface area contributed by atoms with Crippen LogP contribution in [0.2, 0.25) is 0 Å². The lowest BCUT2D eigenvalue weighted by molar-refractivity contribution is 0.669. The molecule has 2 aliphatic rings. The second kappa shape index (κ2) is 14.4. The second-order valence-electron chi connectivity index (χ2n) is 17.7. The van der Waals surface area contributed by atoms with Gasteiger partial charge in [0.2, 0.25) is 0 Å². The molecule has 65 heavy (non-hydrogen) atoms. The lowest BCUT2D eigenvalue weighted by Gasteiger charge is -2.34. The average molecular weight is 830 g/mol. The summed E-state index contributed by atoms with van der Waals surface area (Å²) in [5.41, 5.74) is 20.7. The van der Waals surface area contributed by atoms with Gasteiger partial charge in [-0.25, -0.2) is 0 Å². The van der Waals surface area contributed by atoms with Crippen LogP contribution in [-0.4, -0.2) is 0 Å². The largest absolute Gasteiger partial charge is 0.456 e. The maximum absolute atomic E-state index is 6.33. The van der Waals surface area contributed by atoms with E-state index in [1.165, 1.54) is 61.2 Å². The highest BCUT2D eigenvalue weighted by Gasteiger charge is 2.46. The summed E-state index contributed by atoms with van der Waals surface area (Å²) in [6, 6.07) is 89.2. The van der Waals surface area contributed by atoms with Crippen LogP contribution in [0.15, 0.2) is 247 Å². The molecular weight excluding hydrogens is 787 g/mol. The van der Waals surface area contributed by atoms with Gasteiger partial charge in [-0.05, 0) is 134 Å². The Hall–Kier alpha value is -8.20. The number of para-hydroxylation sites is 1. The molecule has 1 atom stereocenters. The van der Waals surface area contributed by atoms with Crippen molar-refractivity contribution >= 4 is 39.0 Å². The van der Waals surface area contributed by atoms with E-state index >= 15 is 0 Å². The molecule has 2 nitrogen and oxygen atoms in total. The first-order valence-corrected chi connectivity index (χ1v) is 22.6. The topological polar surface area (TPSA) is 16.4 Å². The fraction of sp³-hybridized carbons (Fsp3) is 0.0476. The van der Waals surface area contributed by atoms with E-state index in [-0.39, 0.29) is 5.41 Å². The van der Waals surface area contributed by atoms with Gasteiger partial charge in [-0.2, -0.15) is 0 Å². The van der Waals surface area contributed by atoms with Crippen LogP contribution in [0.3, 0.4) is 0 Å². The van der Waals surface area contributed by atoms with Crippen LogP contribution in [0, 0.1) is 0 Å². The van der Waals surface area contributed by atoms with Gasteiger partial charge < -0.3 is 9.32 Å².